The first kappa shape index (κ1) is 8.02. The molecule has 0 aromatic rings. The highest BCUT2D eigenvalue weighted by molar-refractivity contribution is 4.67. The van der Waals surface area contributed by atoms with Crippen LogP contribution >= 0.6 is 0 Å². The molecule has 0 N–H and O–H groups in total. The molecular weight excluding hydrogens is 126 g/mol. The Morgan fingerprint density at radius 3 is 2.50 bits per heavy atom. The van der Waals surface area contributed by atoms with Crippen LogP contribution in [0.15, 0.2) is 0 Å². The van der Waals surface area contributed by atoms with Crippen LogP contribution in [0.1, 0.15) is 20.3 Å². The van der Waals surface area contributed by atoms with E-state index in [9.17, 15) is 0 Å². The smallest absolute Gasteiger partial charge is 0.0594 e. The van der Waals surface area contributed by atoms with Gasteiger partial charge in [0.1, 0.15) is 0 Å². The maximum Gasteiger partial charge on any atom is 0.0594 e. The van der Waals surface area contributed by atoms with Crippen molar-refractivity contribution in [2.75, 3.05) is 26.3 Å². The number of morpholine rings is 1. The second kappa shape index (κ2) is 3.94. The van der Waals surface area contributed by atoms with Crippen LogP contribution in [0.25, 0.3) is 0 Å². The normalized spacial score (nSPS) is 24.6. The van der Waals surface area contributed by atoms with Crippen molar-refractivity contribution in [3.63, 3.8) is 0 Å². The largest absolute Gasteiger partial charge is 0.379 e. The van der Waals surface area contributed by atoms with Gasteiger partial charge < -0.3 is 4.74 Å². The lowest BCUT2D eigenvalue weighted by atomic mass is 10.2. The lowest BCUT2D eigenvalue weighted by Gasteiger charge is -2.31. The summed E-state index contributed by atoms with van der Waals surface area (Å²) in [5.74, 6) is 0. The molecule has 0 spiro atoms. The average molecular weight is 143 g/mol. The van der Waals surface area contributed by atoms with E-state index >= 15 is 0 Å². The van der Waals surface area contributed by atoms with E-state index in [1.807, 2.05) is 0 Å². The quantitative estimate of drug-likeness (QED) is 0.574. The fraction of sp³-hybridized carbons (Fsp3) is 1.00. The van der Waals surface area contributed by atoms with Gasteiger partial charge in [-0.2, -0.15) is 0 Å². The van der Waals surface area contributed by atoms with E-state index in [0.29, 0.717) is 0 Å². The highest BCUT2D eigenvalue weighted by Crippen LogP contribution is 2.05. The fourth-order valence-corrected chi connectivity index (χ4v) is 1.28. The van der Waals surface area contributed by atoms with Gasteiger partial charge in [0.25, 0.3) is 0 Å². The van der Waals surface area contributed by atoms with E-state index in [-0.39, 0.29) is 0 Å². The Labute approximate surface area is 63.2 Å². The zero-order valence-electron chi connectivity index (χ0n) is 6.97. The molecule has 10 heavy (non-hydrogen) atoms. The molecule has 0 unspecified atom stereocenters. The summed E-state index contributed by atoms with van der Waals surface area (Å²) in [4.78, 5) is 2.49. The summed E-state index contributed by atoms with van der Waals surface area (Å²) in [5.41, 5.74) is 0. The first-order chi connectivity index (χ1) is 4.84. The van der Waals surface area contributed by atoms with Gasteiger partial charge in [-0.25, -0.2) is 0 Å². The average Bonchev–Trinajstić information content (AvgIpc) is 2.05. The van der Waals surface area contributed by atoms with Gasteiger partial charge in [0.2, 0.25) is 0 Å². The third-order valence-electron chi connectivity index (χ3n) is 2.26. The van der Waals surface area contributed by atoms with Crippen molar-refractivity contribution in [2.45, 2.75) is 26.3 Å². The minimum absolute atomic E-state index is 0.740. The van der Waals surface area contributed by atoms with E-state index < -0.39 is 0 Å². The summed E-state index contributed by atoms with van der Waals surface area (Å²) >= 11 is 0. The zero-order chi connectivity index (χ0) is 7.40. The molecule has 60 valence electrons. The van der Waals surface area contributed by atoms with Gasteiger partial charge in [-0.3, -0.25) is 4.90 Å². The Kier molecular flexibility index (Phi) is 3.16. The molecule has 1 aliphatic rings. The molecule has 1 rings (SSSR count). The third kappa shape index (κ3) is 1.96. The molecule has 1 aliphatic heterocycles. The summed E-state index contributed by atoms with van der Waals surface area (Å²) in [6.45, 7) is 8.60. The molecule has 0 radical (unpaired) electrons. The van der Waals surface area contributed by atoms with Gasteiger partial charge in [0.05, 0.1) is 13.2 Å². The highest BCUT2D eigenvalue weighted by Gasteiger charge is 2.14. The van der Waals surface area contributed by atoms with Gasteiger partial charge in [0, 0.05) is 19.1 Å². The standard InChI is InChI=1S/C8H17NO/c1-3-8(2)9-4-6-10-7-5-9/h8H,3-7H2,1-2H3/t8-/m0/s1. The van der Waals surface area contributed by atoms with Gasteiger partial charge in [-0.05, 0) is 13.3 Å². The summed E-state index contributed by atoms with van der Waals surface area (Å²) in [6.07, 6.45) is 1.25. The summed E-state index contributed by atoms with van der Waals surface area (Å²) in [5, 5.41) is 0. The Morgan fingerprint density at radius 1 is 1.40 bits per heavy atom. The molecule has 0 aromatic carbocycles. The molecule has 2 nitrogen and oxygen atoms in total. The van der Waals surface area contributed by atoms with E-state index in [2.05, 4.69) is 18.7 Å². The van der Waals surface area contributed by atoms with Crippen molar-refractivity contribution in [1.29, 1.82) is 0 Å². The molecule has 0 aromatic heterocycles. The fourth-order valence-electron chi connectivity index (χ4n) is 1.28. The second-order valence-corrected chi connectivity index (χ2v) is 2.91. The summed E-state index contributed by atoms with van der Waals surface area (Å²) in [6, 6.07) is 0.740. The Hall–Kier alpha value is -0.0800. The number of hydrogen-bond donors (Lipinski definition) is 0. The first-order valence-corrected chi connectivity index (χ1v) is 4.16. The monoisotopic (exact) mass is 143 g/mol. The van der Waals surface area contributed by atoms with Crippen LogP contribution in [0.5, 0.6) is 0 Å². The SMILES string of the molecule is CC[C@H](C)N1CCOCC1. The van der Waals surface area contributed by atoms with Crippen LogP contribution in [0.3, 0.4) is 0 Å². The van der Waals surface area contributed by atoms with Crippen molar-refractivity contribution >= 4 is 0 Å². The molecule has 1 atom stereocenters. The van der Waals surface area contributed by atoms with Crippen LogP contribution in [-0.4, -0.2) is 37.2 Å². The Balaban J connectivity index is 2.24. The Bertz CT molecular complexity index is 89.3. The first-order valence-electron chi connectivity index (χ1n) is 4.16. The highest BCUT2D eigenvalue weighted by atomic mass is 16.5. The molecule has 1 heterocycles. The molecule has 1 fully saturated rings. The maximum absolute atomic E-state index is 5.25. The van der Waals surface area contributed by atoms with Crippen molar-refractivity contribution < 1.29 is 4.74 Å². The second-order valence-electron chi connectivity index (χ2n) is 2.91. The summed E-state index contributed by atoms with van der Waals surface area (Å²) < 4.78 is 5.25. The zero-order valence-corrected chi connectivity index (χ0v) is 6.97. The van der Waals surface area contributed by atoms with Crippen LogP contribution in [0, 0.1) is 0 Å². The molecule has 0 aliphatic carbocycles. The maximum atomic E-state index is 5.25. The van der Waals surface area contributed by atoms with Gasteiger partial charge >= 0.3 is 0 Å². The van der Waals surface area contributed by atoms with E-state index in [0.717, 1.165) is 32.3 Å². The lowest BCUT2D eigenvalue weighted by Crippen LogP contribution is -2.41. The molecule has 0 saturated carbocycles. The molecule has 2 heteroatoms. The number of ether oxygens (including phenoxy) is 1. The van der Waals surface area contributed by atoms with E-state index in [1.165, 1.54) is 6.42 Å². The molecule has 0 bridgehead atoms. The van der Waals surface area contributed by atoms with Crippen molar-refractivity contribution in [2.24, 2.45) is 0 Å². The van der Waals surface area contributed by atoms with Crippen LogP contribution in [0.2, 0.25) is 0 Å². The van der Waals surface area contributed by atoms with E-state index in [4.69, 9.17) is 4.74 Å². The van der Waals surface area contributed by atoms with Crippen molar-refractivity contribution in [3.8, 4) is 0 Å². The predicted molar refractivity (Wildman–Crippen MR) is 42.1 cm³/mol. The van der Waals surface area contributed by atoms with Crippen LogP contribution < -0.4 is 0 Å². The third-order valence-corrected chi connectivity index (χ3v) is 2.26. The van der Waals surface area contributed by atoms with Gasteiger partial charge in [-0.1, -0.05) is 6.92 Å². The number of rotatable bonds is 2. The predicted octanol–water partition coefficient (Wildman–Crippen LogP) is 1.12. The lowest BCUT2D eigenvalue weighted by molar-refractivity contribution is 0.0196. The molecule has 0 amide bonds. The van der Waals surface area contributed by atoms with E-state index in [1.54, 1.807) is 0 Å². The number of hydrogen-bond acceptors (Lipinski definition) is 2. The van der Waals surface area contributed by atoms with Crippen LogP contribution in [-0.2, 0) is 4.74 Å². The van der Waals surface area contributed by atoms with Gasteiger partial charge in [0.15, 0.2) is 0 Å². The molecular formula is C8H17NO. The van der Waals surface area contributed by atoms with Crippen molar-refractivity contribution in [1.82, 2.24) is 4.90 Å². The molecule has 1 saturated heterocycles. The number of nitrogens with zero attached hydrogens (tertiary/aromatic N) is 1. The minimum Gasteiger partial charge on any atom is -0.379 e. The summed E-state index contributed by atoms with van der Waals surface area (Å²) in [7, 11) is 0. The van der Waals surface area contributed by atoms with Crippen LogP contribution in [0.4, 0.5) is 0 Å². The minimum atomic E-state index is 0.740. The topological polar surface area (TPSA) is 12.5 Å². The van der Waals surface area contributed by atoms with Crippen molar-refractivity contribution in [3.05, 3.63) is 0 Å². The van der Waals surface area contributed by atoms with Gasteiger partial charge in [-0.15, -0.1) is 0 Å². The Morgan fingerprint density at radius 2 is 2.00 bits per heavy atom.